The first-order valence-electron chi connectivity index (χ1n) is 5.35. The summed E-state index contributed by atoms with van der Waals surface area (Å²) >= 11 is 12.4. The Labute approximate surface area is 119 Å². The molecule has 0 aliphatic carbocycles. The van der Waals surface area contributed by atoms with Crippen molar-refractivity contribution in [1.29, 1.82) is 0 Å². The smallest absolute Gasteiger partial charge is 0.298 e. The van der Waals surface area contributed by atoms with Crippen LogP contribution in [0.4, 0.5) is 0 Å². The summed E-state index contributed by atoms with van der Waals surface area (Å²) in [5.41, 5.74) is 1.97. The van der Waals surface area contributed by atoms with Crippen LogP contribution in [0.1, 0.15) is 16.1 Å². The highest BCUT2D eigenvalue weighted by atomic mass is 35.5. The van der Waals surface area contributed by atoms with Crippen molar-refractivity contribution in [2.45, 2.75) is 13.5 Å². The molecule has 0 aliphatic rings. The molecule has 1 aromatic carbocycles. The van der Waals surface area contributed by atoms with Crippen molar-refractivity contribution in [3.8, 4) is 0 Å². The number of hydrogen-bond acceptors (Lipinski definition) is 2. The molecule has 0 fully saturated rings. The number of nitrogens with zero attached hydrogens (tertiary/aromatic N) is 1. The highest BCUT2D eigenvalue weighted by Crippen LogP contribution is 2.20. The molecule has 0 unspecified atom stereocenters. The Morgan fingerprint density at radius 3 is 2.61 bits per heavy atom. The molecule has 1 heterocycles. The average Bonchev–Trinajstić information content (AvgIpc) is 2.58. The summed E-state index contributed by atoms with van der Waals surface area (Å²) in [5.74, 6) is 0. The number of hydrogen-bond donors (Lipinski definition) is 0. The maximum Gasteiger partial charge on any atom is 0.308 e. The highest BCUT2D eigenvalue weighted by Gasteiger charge is 2.09. The van der Waals surface area contributed by atoms with Crippen LogP contribution in [0.3, 0.4) is 0 Å². The van der Waals surface area contributed by atoms with Crippen LogP contribution in [0.15, 0.2) is 39.6 Å². The highest BCUT2D eigenvalue weighted by molar-refractivity contribution is 7.10. The minimum Gasteiger partial charge on any atom is -0.298 e. The molecule has 18 heavy (non-hydrogen) atoms. The van der Waals surface area contributed by atoms with Crippen LogP contribution < -0.4 is 4.87 Å². The van der Waals surface area contributed by atoms with Gasteiger partial charge in [0.2, 0.25) is 0 Å². The van der Waals surface area contributed by atoms with Gasteiger partial charge in [-0.25, -0.2) is 0 Å². The predicted molar refractivity (Wildman–Crippen MR) is 78.5 cm³/mol. The molecule has 2 aromatic rings. The maximum absolute atomic E-state index is 11.9. The van der Waals surface area contributed by atoms with Crippen molar-refractivity contribution >= 4 is 40.6 Å². The largest absolute Gasteiger partial charge is 0.308 e. The van der Waals surface area contributed by atoms with Crippen LogP contribution in [0.25, 0.3) is 6.08 Å². The third-order valence-electron chi connectivity index (χ3n) is 2.60. The van der Waals surface area contributed by atoms with Gasteiger partial charge in [-0.15, -0.1) is 0 Å². The van der Waals surface area contributed by atoms with Crippen molar-refractivity contribution in [3.63, 3.8) is 0 Å². The summed E-state index contributed by atoms with van der Waals surface area (Å²) in [7, 11) is 0. The van der Waals surface area contributed by atoms with Gasteiger partial charge in [0.15, 0.2) is 0 Å². The Kier molecular flexibility index (Phi) is 4.27. The van der Waals surface area contributed by atoms with Crippen LogP contribution in [-0.4, -0.2) is 4.57 Å². The summed E-state index contributed by atoms with van der Waals surface area (Å²) in [6.07, 6.45) is 1.60. The maximum atomic E-state index is 11.9. The van der Waals surface area contributed by atoms with Crippen molar-refractivity contribution in [1.82, 2.24) is 4.57 Å². The van der Waals surface area contributed by atoms with Gasteiger partial charge in [-0.1, -0.05) is 64.9 Å². The van der Waals surface area contributed by atoms with Crippen molar-refractivity contribution < 1.29 is 0 Å². The van der Waals surface area contributed by atoms with E-state index in [0.29, 0.717) is 6.54 Å². The molecule has 0 radical (unpaired) electrons. The standard InChI is InChI=1S/C13H11Cl2NOS/c1-9-11(7-12(14)15)18-13(17)16(9)8-10-5-3-2-4-6-10/h2-7H,8H2,1H3. The molecule has 0 amide bonds. The second-order valence-corrected chi connectivity index (χ2v) is 5.82. The van der Waals surface area contributed by atoms with E-state index in [-0.39, 0.29) is 9.36 Å². The van der Waals surface area contributed by atoms with Crippen LogP contribution in [0.5, 0.6) is 0 Å². The number of benzene rings is 1. The van der Waals surface area contributed by atoms with Gasteiger partial charge in [0.25, 0.3) is 0 Å². The van der Waals surface area contributed by atoms with E-state index in [1.165, 1.54) is 0 Å². The molecule has 0 saturated heterocycles. The Bertz CT molecular complexity index is 624. The molecule has 0 saturated carbocycles. The first kappa shape index (κ1) is 13.4. The van der Waals surface area contributed by atoms with E-state index in [0.717, 1.165) is 27.5 Å². The van der Waals surface area contributed by atoms with E-state index < -0.39 is 0 Å². The van der Waals surface area contributed by atoms with Gasteiger partial charge in [0.05, 0.1) is 11.4 Å². The third kappa shape index (κ3) is 3.05. The number of thiazole rings is 1. The molecule has 2 rings (SSSR count). The van der Waals surface area contributed by atoms with Gasteiger partial charge >= 0.3 is 4.87 Å². The predicted octanol–water partition coefficient (Wildman–Crippen LogP) is 4.04. The van der Waals surface area contributed by atoms with Gasteiger partial charge in [-0.3, -0.25) is 9.36 Å². The van der Waals surface area contributed by atoms with Crippen LogP contribution in [0.2, 0.25) is 0 Å². The molecule has 1 aromatic heterocycles. The molecule has 2 nitrogen and oxygen atoms in total. The average molecular weight is 300 g/mol. The fraction of sp³-hybridized carbons (Fsp3) is 0.154. The van der Waals surface area contributed by atoms with E-state index in [2.05, 4.69) is 0 Å². The lowest BCUT2D eigenvalue weighted by Gasteiger charge is -2.04. The molecule has 0 atom stereocenters. The van der Waals surface area contributed by atoms with Crippen LogP contribution in [0, 0.1) is 6.92 Å². The van der Waals surface area contributed by atoms with Gasteiger partial charge in [0, 0.05) is 5.69 Å². The van der Waals surface area contributed by atoms with E-state index in [9.17, 15) is 4.79 Å². The van der Waals surface area contributed by atoms with Gasteiger partial charge in [0.1, 0.15) is 4.49 Å². The van der Waals surface area contributed by atoms with E-state index in [4.69, 9.17) is 23.2 Å². The Morgan fingerprint density at radius 1 is 1.33 bits per heavy atom. The van der Waals surface area contributed by atoms with E-state index in [1.807, 2.05) is 37.3 Å². The fourth-order valence-electron chi connectivity index (χ4n) is 1.68. The molecule has 94 valence electrons. The fourth-order valence-corrected chi connectivity index (χ4v) is 2.96. The zero-order chi connectivity index (χ0) is 13.1. The monoisotopic (exact) mass is 299 g/mol. The molecular formula is C13H11Cl2NOS. The quantitative estimate of drug-likeness (QED) is 0.838. The minimum atomic E-state index is -0.00261. The Hall–Kier alpha value is -1.03. The van der Waals surface area contributed by atoms with Gasteiger partial charge in [-0.05, 0) is 18.6 Å². The first-order valence-corrected chi connectivity index (χ1v) is 6.92. The zero-order valence-corrected chi connectivity index (χ0v) is 12.0. The van der Waals surface area contributed by atoms with Crippen molar-refractivity contribution in [3.05, 3.63) is 60.6 Å². The summed E-state index contributed by atoms with van der Waals surface area (Å²) in [6, 6.07) is 9.85. The van der Waals surface area contributed by atoms with Crippen LogP contribution >= 0.6 is 34.5 Å². The van der Waals surface area contributed by atoms with Crippen molar-refractivity contribution in [2.24, 2.45) is 0 Å². The number of aromatic nitrogens is 1. The minimum absolute atomic E-state index is 0.00261. The SMILES string of the molecule is Cc1c(C=C(Cl)Cl)sc(=O)n1Cc1ccccc1. The molecule has 0 aliphatic heterocycles. The van der Waals surface area contributed by atoms with Gasteiger partial charge in [-0.2, -0.15) is 0 Å². The zero-order valence-electron chi connectivity index (χ0n) is 9.69. The second-order valence-electron chi connectivity index (χ2n) is 3.82. The lowest BCUT2D eigenvalue weighted by atomic mass is 10.2. The van der Waals surface area contributed by atoms with E-state index >= 15 is 0 Å². The second kappa shape index (κ2) is 5.74. The topological polar surface area (TPSA) is 22.0 Å². The summed E-state index contributed by atoms with van der Waals surface area (Å²) in [5, 5.41) is 0. The normalized spacial score (nSPS) is 10.4. The summed E-state index contributed by atoms with van der Waals surface area (Å²) in [4.78, 5) is 12.7. The summed E-state index contributed by atoms with van der Waals surface area (Å²) in [6.45, 7) is 2.46. The lowest BCUT2D eigenvalue weighted by Crippen LogP contribution is -2.15. The Balaban J connectivity index is 2.38. The molecule has 0 bridgehead atoms. The van der Waals surface area contributed by atoms with Crippen molar-refractivity contribution in [2.75, 3.05) is 0 Å². The third-order valence-corrected chi connectivity index (χ3v) is 3.85. The molecule has 5 heteroatoms. The van der Waals surface area contributed by atoms with E-state index in [1.54, 1.807) is 10.6 Å². The molecule has 0 N–H and O–H groups in total. The number of rotatable bonds is 3. The molecule has 0 spiro atoms. The van der Waals surface area contributed by atoms with Gasteiger partial charge < -0.3 is 0 Å². The molecular weight excluding hydrogens is 289 g/mol. The Morgan fingerprint density at radius 2 is 2.00 bits per heavy atom. The van der Waals surface area contributed by atoms with Crippen LogP contribution in [-0.2, 0) is 6.54 Å². The lowest BCUT2D eigenvalue weighted by molar-refractivity contribution is 0.754. The first-order chi connectivity index (χ1) is 8.58. The summed E-state index contributed by atoms with van der Waals surface area (Å²) < 4.78 is 1.88. The number of halogens is 2.